The largest absolute Gasteiger partial charge is 0.387 e. The van der Waals surface area contributed by atoms with E-state index in [1.165, 1.54) is 0 Å². The summed E-state index contributed by atoms with van der Waals surface area (Å²) in [5.41, 5.74) is 0.746. The minimum absolute atomic E-state index is 0.482. The van der Waals surface area contributed by atoms with Crippen LogP contribution in [0, 0.1) is 6.92 Å². The summed E-state index contributed by atoms with van der Waals surface area (Å²) >= 11 is 6.09. The first-order valence-electron chi connectivity index (χ1n) is 6.45. The van der Waals surface area contributed by atoms with E-state index < -0.39 is 6.10 Å². The normalized spacial score (nSPS) is 12.9. The van der Waals surface area contributed by atoms with Gasteiger partial charge in [0.25, 0.3) is 0 Å². The Morgan fingerprint density at radius 2 is 2.05 bits per heavy atom. The van der Waals surface area contributed by atoms with Crippen LogP contribution in [0.25, 0.3) is 0 Å². The smallest absolute Gasteiger partial charge is 0.146 e. The zero-order chi connectivity index (χ0) is 14.7. The zero-order valence-electron chi connectivity index (χ0n) is 11.9. The van der Waals surface area contributed by atoms with Gasteiger partial charge in [-0.25, -0.2) is 0 Å². The number of halogens is 1. The highest BCUT2D eigenvalue weighted by molar-refractivity contribution is 6.31. The number of rotatable bonds is 5. The molecule has 2 rings (SSSR count). The highest BCUT2D eigenvalue weighted by atomic mass is 35.5. The maximum Gasteiger partial charge on any atom is 0.146 e. The lowest BCUT2D eigenvalue weighted by Gasteiger charge is -2.21. The van der Waals surface area contributed by atoms with E-state index in [1.54, 1.807) is 6.07 Å². The number of aliphatic hydroxyl groups is 1. The molecule has 1 N–H and O–H groups in total. The minimum atomic E-state index is -0.622. The van der Waals surface area contributed by atoms with Crippen molar-refractivity contribution in [3.8, 4) is 0 Å². The molecule has 1 heterocycles. The van der Waals surface area contributed by atoms with Gasteiger partial charge in [-0.15, -0.1) is 10.2 Å². The van der Waals surface area contributed by atoms with Crippen molar-refractivity contribution in [2.45, 2.75) is 19.6 Å². The molecule has 0 saturated carbocycles. The predicted molar refractivity (Wildman–Crippen MR) is 78.5 cm³/mol. The van der Waals surface area contributed by atoms with Gasteiger partial charge in [0.2, 0.25) is 0 Å². The highest BCUT2D eigenvalue weighted by Gasteiger charge is 2.15. The second kappa shape index (κ2) is 6.35. The number of nitrogens with zero attached hydrogens (tertiary/aromatic N) is 4. The summed E-state index contributed by atoms with van der Waals surface area (Å²) in [5.74, 6) is 1.75. The molecule has 1 unspecified atom stereocenters. The van der Waals surface area contributed by atoms with Crippen LogP contribution >= 0.6 is 11.6 Å². The molecular formula is C14H19ClN4O. The van der Waals surface area contributed by atoms with Gasteiger partial charge in [-0.1, -0.05) is 29.8 Å². The van der Waals surface area contributed by atoms with Crippen LogP contribution in [-0.2, 0) is 13.6 Å². The molecule has 0 radical (unpaired) electrons. The summed E-state index contributed by atoms with van der Waals surface area (Å²) in [7, 11) is 3.87. The fourth-order valence-electron chi connectivity index (χ4n) is 2.03. The van der Waals surface area contributed by atoms with Gasteiger partial charge >= 0.3 is 0 Å². The number of likely N-dealkylation sites (N-methyl/N-ethyl adjacent to an activating group) is 1. The Kier molecular flexibility index (Phi) is 4.75. The summed E-state index contributed by atoms with van der Waals surface area (Å²) < 4.78 is 1.94. The van der Waals surface area contributed by atoms with Crippen molar-refractivity contribution < 1.29 is 5.11 Å². The monoisotopic (exact) mass is 294 g/mol. The zero-order valence-corrected chi connectivity index (χ0v) is 12.7. The van der Waals surface area contributed by atoms with Gasteiger partial charge in [-0.05, 0) is 20.0 Å². The Hall–Kier alpha value is -1.43. The summed E-state index contributed by atoms with van der Waals surface area (Å²) in [5, 5.41) is 19.0. The number of hydrogen-bond acceptors (Lipinski definition) is 4. The Morgan fingerprint density at radius 3 is 2.65 bits per heavy atom. The maximum atomic E-state index is 10.3. The lowest BCUT2D eigenvalue weighted by atomic mass is 10.1. The summed E-state index contributed by atoms with van der Waals surface area (Å²) in [6.45, 7) is 3.02. The fourth-order valence-corrected chi connectivity index (χ4v) is 2.30. The molecule has 0 aliphatic heterocycles. The summed E-state index contributed by atoms with van der Waals surface area (Å²) in [6, 6.07) is 7.35. The second-order valence-corrected chi connectivity index (χ2v) is 5.36. The van der Waals surface area contributed by atoms with Crippen LogP contribution in [0.2, 0.25) is 5.02 Å². The van der Waals surface area contributed by atoms with Crippen molar-refractivity contribution >= 4 is 11.6 Å². The van der Waals surface area contributed by atoms with Crippen LogP contribution in [0.1, 0.15) is 23.3 Å². The van der Waals surface area contributed by atoms with E-state index in [-0.39, 0.29) is 0 Å². The average Bonchev–Trinajstić information content (AvgIpc) is 2.71. The lowest BCUT2D eigenvalue weighted by Crippen LogP contribution is -2.25. The highest BCUT2D eigenvalue weighted by Crippen LogP contribution is 2.23. The third-order valence-corrected chi connectivity index (χ3v) is 3.69. The van der Waals surface area contributed by atoms with Gasteiger partial charge in [0.05, 0.1) is 12.6 Å². The second-order valence-electron chi connectivity index (χ2n) is 4.96. The molecule has 0 aliphatic carbocycles. The molecule has 0 fully saturated rings. The van der Waals surface area contributed by atoms with Crippen LogP contribution in [-0.4, -0.2) is 38.4 Å². The molecule has 1 aromatic heterocycles. The molecular weight excluding hydrogens is 276 g/mol. The van der Waals surface area contributed by atoms with Crippen molar-refractivity contribution in [3.63, 3.8) is 0 Å². The van der Waals surface area contributed by atoms with Gasteiger partial charge in [0.1, 0.15) is 11.6 Å². The SMILES string of the molecule is Cc1nnc(CN(C)CC(O)c2ccccc2Cl)n1C. The van der Waals surface area contributed by atoms with Crippen LogP contribution in [0.15, 0.2) is 24.3 Å². The van der Waals surface area contributed by atoms with Crippen LogP contribution in [0.5, 0.6) is 0 Å². The minimum Gasteiger partial charge on any atom is -0.387 e. The van der Waals surface area contributed by atoms with Crippen LogP contribution in [0.4, 0.5) is 0 Å². The van der Waals surface area contributed by atoms with Crippen molar-refractivity contribution in [3.05, 3.63) is 46.5 Å². The number of hydrogen-bond donors (Lipinski definition) is 1. The van der Waals surface area contributed by atoms with E-state index in [1.807, 2.05) is 48.7 Å². The Balaban J connectivity index is 1.99. The molecule has 5 nitrogen and oxygen atoms in total. The standard InChI is InChI=1S/C14H19ClN4O/c1-10-16-17-14(19(10)3)9-18(2)8-13(20)11-6-4-5-7-12(11)15/h4-7,13,20H,8-9H2,1-3H3. The molecule has 0 amide bonds. The first-order valence-corrected chi connectivity index (χ1v) is 6.82. The number of aryl methyl sites for hydroxylation is 1. The molecule has 0 spiro atoms. The van der Waals surface area contributed by atoms with E-state index in [0.717, 1.165) is 17.2 Å². The molecule has 6 heteroatoms. The molecule has 0 saturated heterocycles. The van der Waals surface area contributed by atoms with Gasteiger partial charge in [-0.3, -0.25) is 4.90 Å². The van der Waals surface area contributed by atoms with Gasteiger partial charge in [0.15, 0.2) is 0 Å². The Bertz CT molecular complexity index is 584. The molecule has 2 aromatic rings. The van der Waals surface area contributed by atoms with Gasteiger partial charge in [0, 0.05) is 24.2 Å². The number of benzene rings is 1. The van der Waals surface area contributed by atoms with Gasteiger partial charge < -0.3 is 9.67 Å². The van der Waals surface area contributed by atoms with E-state index in [2.05, 4.69) is 10.2 Å². The van der Waals surface area contributed by atoms with E-state index in [0.29, 0.717) is 18.1 Å². The van der Waals surface area contributed by atoms with Crippen molar-refractivity contribution in [1.29, 1.82) is 0 Å². The van der Waals surface area contributed by atoms with E-state index in [9.17, 15) is 5.11 Å². The van der Waals surface area contributed by atoms with Crippen molar-refractivity contribution in [2.24, 2.45) is 7.05 Å². The molecule has 20 heavy (non-hydrogen) atoms. The first kappa shape index (κ1) is 15.0. The topological polar surface area (TPSA) is 54.2 Å². The average molecular weight is 295 g/mol. The summed E-state index contributed by atoms with van der Waals surface area (Å²) in [4.78, 5) is 2.00. The quantitative estimate of drug-likeness (QED) is 0.916. The third-order valence-electron chi connectivity index (χ3n) is 3.34. The summed E-state index contributed by atoms with van der Waals surface area (Å²) in [6.07, 6.45) is -0.622. The lowest BCUT2D eigenvalue weighted by molar-refractivity contribution is 0.122. The molecule has 0 aliphatic rings. The van der Waals surface area contributed by atoms with Gasteiger partial charge in [-0.2, -0.15) is 0 Å². The Labute approximate surface area is 123 Å². The number of aliphatic hydroxyl groups excluding tert-OH is 1. The molecule has 1 aromatic carbocycles. The van der Waals surface area contributed by atoms with E-state index >= 15 is 0 Å². The van der Waals surface area contributed by atoms with Crippen molar-refractivity contribution in [1.82, 2.24) is 19.7 Å². The number of aromatic nitrogens is 3. The predicted octanol–water partition coefficient (Wildman–Crippen LogP) is 1.94. The fraction of sp³-hybridized carbons (Fsp3) is 0.429. The molecule has 108 valence electrons. The van der Waals surface area contributed by atoms with E-state index in [4.69, 9.17) is 11.6 Å². The molecule has 1 atom stereocenters. The van der Waals surface area contributed by atoms with Crippen molar-refractivity contribution in [2.75, 3.05) is 13.6 Å². The molecule has 0 bridgehead atoms. The Morgan fingerprint density at radius 1 is 1.35 bits per heavy atom. The first-order chi connectivity index (χ1) is 9.49. The van der Waals surface area contributed by atoms with Crippen LogP contribution < -0.4 is 0 Å². The third kappa shape index (κ3) is 3.36. The maximum absolute atomic E-state index is 10.3. The van der Waals surface area contributed by atoms with Crippen LogP contribution in [0.3, 0.4) is 0 Å².